The van der Waals surface area contributed by atoms with Gasteiger partial charge >= 0.3 is 0 Å². The van der Waals surface area contributed by atoms with Gasteiger partial charge in [-0.05, 0) is 31.0 Å². The van der Waals surface area contributed by atoms with E-state index in [9.17, 15) is 0 Å². The quantitative estimate of drug-likeness (QED) is 0.325. The Morgan fingerprint density at radius 1 is 0.893 bits per heavy atom. The summed E-state index contributed by atoms with van der Waals surface area (Å²) in [4.78, 5) is 0. The lowest BCUT2D eigenvalue weighted by Crippen LogP contribution is -2.18. The molecule has 0 saturated heterocycles. The smallest absolute Gasteiger partial charge is 0.159 e. The summed E-state index contributed by atoms with van der Waals surface area (Å²) in [6.45, 7) is 0. The summed E-state index contributed by atoms with van der Waals surface area (Å²) < 4.78 is 15.2. The molecule has 2 aliphatic rings. The van der Waals surface area contributed by atoms with Gasteiger partial charge in [-0.15, -0.1) is 0 Å². The molecule has 1 aliphatic heterocycles. The standard InChI is InChI=1S/C25H19NO2/c1-26-19-13-12-16-14-6-2-4-8-20(14)27-24(16)22(19)18-11-10-17-15-7-3-5-9-21(15)28-25(17)23(18)26/h2-11,16,24H,12-13H2,1H3. The molecule has 0 N–H and O–H groups in total. The number of furan rings is 1. The molecule has 0 saturated carbocycles. The van der Waals surface area contributed by atoms with Gasteiger partial charge in [-0.25, -0.2) is 0 Å². The van der Waals surface area contributed by atoms with E-state index in [4.69, 9.17) is 9.15 Å². The van der Waals surface area contributed by atoms with Crippen molar-refractivity contribution in [3.63, 3.8) is 0 Å². The Morgan fingerprint density at radius 3 is 2.68 bits per heavy atom. The van der Waals surface area contributed by atoms with Crippen LogP contribution < -0.4 is 4.74 Å². The lowest BCUT2D eigenvalue weighted by molar-refractivity contribution is 0.196. The van der Waals surface area contributed by atoms with Crippen LogP contribution in [-0.4, -0.2) is 4.57 Å². The van der Waals surface area contributed by atoms with Gasteiger partial charge in [-0.2, -0.15) is 0 Å². The molecular formula is C25H19NO2. The molecule has 3 heterocycles. The van der Waals surface area contributed by atoms with Crippen LogP contribution in [0.4, 0.5) is 0 Å². The molecule has 2 atom stereocenters. The number of aromatic nitrogens is 1. The van der Waals surface area contributed by atoms with Crippen LogP contribution in [0.3, 0.4) is 0 Å². The number of aryl methyl sites for hydroxylation is 1. The van der Waals surface area contributed by atoms with Crippen LogP contribution >= 0.6 is 0 Å². The van der Waals surface area contributed by atoms with Crippen molar-refractivity contribution in [1.82, 2.24) is 4.57 Å². The van der Waals surface area contributed by atoms with Crippen LogP contribution in [-0.2, 0) is 13.5 Å². The molecule has 5 aromatic rings. The Hall–Kier alpha value is -3.20. The van der Waals surface area contributed by atoms with Gasteiger partial charge in [0.25, 0.3) is 0 Å². The van der Waals surface area contributed by atoms with Crippen LogP contribution in [0.2, 0.25) is 0 Å². The Kier molecular flexibility index (Phi) is 2.64. The molecule has 3 heteroatoms. The fourth-order valence-corrected chi connectivity index (χ4v) is 5.55. The molecule has 7 rings (SSSR count). The second-order valence-electron chi connectivity index (χ2n) is 8.08. The Bertz CT molecular complexity index is 1420. The van der Waals surface area contributed by atoms with Crippen LogP contribution in [0.1, 0.15) is 35.3 Å². The number of hydrogen-bond donors (Lipinski definition) is 0. The third-order valence-electron chi connectivity index (χ3n) is 6.78. The van der Waals surface area contributed by atoms with E-state index >= 15 is 0 Å². The lowest BCUT2D eigenvalue weighted by atomic mass is 9.81. The molecule has 2 unspecified atom stereocenters. The van der Waals surface area contributed by atoms with E-state index in [1.165, 1.54) is 38.5 Å². The van der Waals surface area contributed by atoms with Crippen LogP contribution in [0.5, 0.6) is 5.75 Å². The first kappa shape index (κ1) is 14.8. The average molecular weight is 365 g/mol. The largest absolute Gasteiger partial charge is 0.485 e. The summed E-state index contributed by atoms with van der Waals surface area (Å²) in [5.74, 6) is 1.49. The van der Waals surface area contributed by atoms with E-state index in [0.29, 0.717) is 5.92 Å². The molecular weight excluding hydrogens is 346 g/mol. The van der Waals surface area contributed by atoms with Crippen LogP contribution in [0, 0.1) is 0 Å². The highest BCUT2D eigenvalue weighted by molar-refractivity contribution is 6.15. The first-order valence-electron chi connectivity index (χ1n) is 9.98. The highest BCUT2D eigenvalue weighted by atomic mass is 16.5. The van der Waals surface area contributed by atoms with Gasteiger partial charge in [-0.3, -0.25) is 0 Å². The van der Waals surface area contributed by atoms with Crippen molar-refractivity contribution in [2.75, 3.05) is 0 Å². The van der Waals surface area contributed by atoms with Crippen molar-refractivity contribution in [3.8, 4) is 5.75 Å². The zero-order valence-corrected chi connectivity index (χ0v) is 15.6. The summed E-state index contributed by atoms with van der Waals surface area (Å²) in [6.07, 6.45) is 2.30. The van der Waals surface area contributed by atoms with Crippen LogP contribution in [0.25, 0.3) is 32.8 Å². The second kappa shape index (κ2) is 4.99. The molecule has 0 fully saturated rings. The van der Waals surface area contributed by atoms with E-state index in [1.807, 2.05) is 6.07 Å². The van der Waals surface area contributed by atoms with E-state index in [2.05, 4.69) is 66.2 Å². The molecule has 0 amide bonds. The number of para-hydroxylation sites is 2. The number of benzene rings is 3. The number of rotatable bonds is 0. The highest BCUT2D eigenvalue weighted by Gasteiger charge is 2.42. The van der Waals surface area contributed by atoms with Gasteiger partial charge in [0.15, 0.2) is 5.58 Å². The molecule has 2 aromatic heterocycles. The minimum atomic E-state index is 0.103. The van der Waals surface area contributed by atoms with E-state index in [0.717, 1.165) is 29.8 Å². The SMILES string of the molecule is Cn1c2c(c3ccc4c5ccccc5oc4c31)C1Oc3ccccc3C1CC2. The predicted octanol–water partition coefficient (Wildman–Crippen LogP) is 6.24. The number of nitrogens with zero attached hydrogens (tertiary/aromatic N) is 1. The fourth-order valence-electron chi connectivity index (χ4n) is 5.55. The van der Waals surface area contributed by atoms with Gasteiger partial charge in [0, 0.05) is 45.9 Å². The van der Waals surface area contributed by atoms with Crippen molar-refractivity contribution in [3.05, 3.63) is 77.5 Å². The highest BCUT2D eigenvalue weighted by Crippen LogP contribution is 2.54. The number of hydrogen-bond acceptors (Lipinski definition) is 2. The summed E-state index contributed by atoms with van der Waals surface area (Å²) in [7, 11) is 2.18. The van der Waals surface area contributed by atoms with E-state index in [-0.39, 0.29) is 6.10 Å². The lowest BCUT2D eigenvalue weighted by Gasteiger charge is -2.26. The molecule has 1 aliphatic carbocycles. The molecule has 28 heavy (non-hydrogen) atoms. The van der Waals surface area contributed by atoms with Crippen molar-refractivity contribution >= 4 is 32.8 Å². The average Bonchev–Trinajstić information content (AvgIpc) is 3.37. The van der Waals surface area contributed by atoms with E-state index < -0.39 is 0 Å². The summed E-state index contributed by atoms with van der Waals surface area (Å²) >= 11 is 0. The minimum Gasteiger partial charge on any atom is -0.485 e. The first-order chi connectivity index (χ1) is 13.8. The zero-order chi connectivity index (χ0) is 18.4. The fraction of sp³-hybridized carbons (Fsp3) is 0.200. The number of fused-ring (bicyclic) bond motifs is 11. The van der Waals surface area contributed by atoms with Gasteiger partial charge in [0.05, 0.1) is 5.52 Å². The Morgan fingerprint density at radius 2 is 1.71 bits per heavy atom. The maximum atomic E-state index is 6.49. The summed E-state index contributed by atoms with van der Waals surface area (Å²) in [5, 5.41) is 3.64. The predicted molar refractivity (Wildman–Crippen MR) is 111 cm³/mol. The van der Waals surface area contributed by atoms with Gasteiger partial charge in [0.2, 0.25) is 0 Å². The third kappa shape index (κ3) is 1.66. The third-order valence-corrected chi connectivity index (χ3v) is 6.78. The maximum absolute atomic E-state index is 6.49. The summed E-state index contributed by atoms with van der Waals surface area (Å²) in [6, 6.07) is 21.3. The molecule has 3 nitrogen and oxygen atoms in total. The van der Waals surface area contributed by atoms with Crippen molar-refractivity contribution in [2.45, 2.75) is 24.9 Å². The minimum absolute atomic E-state index is 0.103. The van der Waals surface area contributed by atoms with Crippen molar-refractivity contribution in [2.24, 2.45) is 7.05 Å². The first-order valence-corrected chi connectivity index (χ1v) is 9.98. The Balaban J connectivity index is 1.55. The summed E-state index contributed by atoms with van der Waals surface area (Å²) in [5.41, 5.74) is 7.23. The maximum Gasteiger partial charge on any atom is 0.159 e. The zero-order valence-electron chi connectivity index (χ0n) is 15.6. The van der Waals surface area contributed by atoms with Crippen molar-refractivity contribution < 1.29 is 9.15 Å². The second-order valence-corrected chi connectivity index (χ2v) is 8.08. The Labute approximate surface area is 162 Å². The number of ether oxygens (including phenoxy) is 1. The molecule has 136 valence electrons. The molecule has 3 aromatic carbocycles. The van der Waals surface area contributed by atoms with Crippen LogP contribution in [0.15, 0.2) is 65.1 Å². The van der Waals surface area contributed by atoms with Crippen molar-refractivity contribution in [1.29, 1.82) is 0 Å². The van der Waals surface area contributed by atoms with E-state index in [1.54, 1.807) is 0 Å². The topological polar surface area (TPSA) is 27.3 Å². The van der Waals surface area contributed by atoms with Gasteiger partial charge < -0.3 is 13.7 Å². The van der Waals surface area contributed by atoms with Gasteiger partial charge in [-0.1, -0.05) is 42.5 Å². The molecule has 0 spiro atoms. The molecule has 0 bridgehead atoms. The van der Waals surface area contributed by atoms with Gasteiger partial charge in [0.1, 0.15) is 17.4 Å². The normalized spacial score (nSPS) is 20.3. The molecule has 0 radical (unpaired) electrons. The monoisotopic (exact) mass is 365 g/mol.